The molecule has 0 saturated carbocycles. The van der Waals surface area contributed by atoms with E-state index >= 15 is 0 Å². The lowest BCUT2D eigenvalue weighted by Crippen LogP contribution is -2.24. The molecule has 2 heterocycles. The van der Waals surface area contributed by atoms with E-state index in [4.69, 9.17) is 0 Å². The van der Waals surface area contributed by atoms with Crippen LogP contribution in [0.15, 0.2) is 102 Å². The molecular weight excluding hydrogens is 542 g/mol. The van der Waals surface area contributed by atoms with E-state index in [0.717, 1.165) is 17.7 Å². The van der Waals surface area contributed by atoms with Gasteiger partial charge in [-0.05, 0) is 65.7 Å². The number of carbonyl (C=O) groups is 1. The highest BCUT2D eigenvalue weighted by Gasteiger charge is 2.30. The summed E-state index contributed by atoms with van der Waals surface area (Å²) in [6.07, 6.45) is -1.16. The van der Waals surface area contributed by atoms with E-state index in [9.17, 15) is 22.4 Å². The van der Waals surface area contributed by atoms with Gasteiger partial charge in [0.15, 0.2) is 11.0 Å². The third-order valence-corrected chi connectivity index (χ3v) is 6.94. The summed E-state index contributed by atoms with van der Waals surface area (Å²) >= 11 is 1.34. The Morgan fingerprint density at radius 2 is 1.73 bits per heavy atom. The highest BCUT2D eigenvalue weighted by atomic mass is 32.2. The molecule has 0 fully saturated rings. The van der Waals surface area contributed by atoms with E-state index in [-0.39, 0.29) is 12.4 Å². The molecule has 6 nitrogen and oxygen atoms in total. The van der Waals surface area contributed by atoms with Crippen LogP contribution in [0, 0.1) is 5.82 Å². The Bertz CT molecular complexity index is 1620. The lowest BCUT2D eigenvalue weighted by Gasteiger charge is -2.13. The molecule has 3 aromatic carbocycles. The van der Waals surface area contributed by atoms with Gasteiger partial charge in [0.2, 0.25) is 0 Å². The molecule has 1 amide bonds. The molecule has 0 atom stereocenters. The molecule has 0 aliphatic heterocycles. The Labute approximate surface area is 231 Å². The lowest BCUT2D eigenvalue weighted by atomic mass is 10.1. The summed E-state index contributed by atoms with van der Waals surface area (Å²) in [7, 11) is 0. The first kappa shape index (κ1) is 27.1. The molecule has 0 saturated heterocycles. The van der Waals surface area contributed by atoms with Crippen molar-refractivity contribution in [2.45, 2.75) is 23.6 Å². The number of benzene rings is 3. The molecule has 1 N–H and O–H groups in total. The van der Waals surface area contributed by atoms with Crippen LogP contribution in [0.5, 0.6) is 0 Å². The molecule has 0 aliphatic rings. The zero-order chi connectivity index (χ0) is 28.1. The van der Waals surface area contributed by atoms with Gasteiger partial charge in [-0.1, -0.05) is 42.1 Å². The standard InChI is InChI=1S/C29H21F4N5OS/c30-23-10-12-24(13-11-23)38-26(20-7-4-14-34-17-20)36-37-28(38)40-18-21-6-1-2-9-25(21)27(39)35-16-19-5-3-8-22(15-19)29(31,32)33/h1-15,17H,16,18H2,(H,35,39). The van der Waals surface area contributed by atoms with Crippen molar-refractivity contribution in [1.29, 1.82) is 0 Å². The molecule has 0 unspecified atom stereocenters. The number of nitrogens with one attached hydrogen (secondary N) is 1. The fourth-order valence-electron chi connectivity index (χ4n) is 4.01. The maximum atomic E-state index is 13.6. The molecule has 2 aromatic heterocycles. The van der Waals surface area contributed by atoms with E-state index in [1.165, 1.54) is 36.0 Å². The maximum Gasteiger partial charge on any atom is 0.416 e. The van der Waals surface area contributed by atoms with Gasteiger partial charge in [-0.25, -0.2) is 4.39 Å². The third-order valence-electron chi connectivity index (χ3n) is 5.96. The van der Waals surface area contributed by atoms with Crippen LogP contribution in [0.3, 0.4) is 0 Å². The third kappa shape index (κ3) is 6.20. The van der Waals surface area contributed by atoms with Gasteiger partial charge < -0.3 is 5.32 Å². The number of carbonyl (C=O) groups excluding carboxylic acids is 1. The summed E-state index contributed by atoms with van der Waals surface area (Å²) < 4.78 is 54.6. The van der Waals surface area contributed by atoms with Crippen molar-refractivity contribution in [3.63, 3.8) is 0 Å². The molecule has 0 aliphatic carbocycles. The molecule has 11 heteroatoms. The van der Waals surface area contributed by atoms with Gasteiger partial charge in [0.1, 0.15) is 5.82 Å². The van der Waals surface area contributed by atoms with Crippen LogP contribution in [-0.2, 0) is 18.5 Å². The minimum atomic E-state index is -4.46. The zero-order valence-corrected chi connectivity index (χ0v) is 21.6. The highest BCUT2D eigenvalue weighted by molar-refractivity contribution is 7.98. The number of alkyl halides is 3. The summed E-state index contributed by atoms with van der Waals surface area (Å²) in [5, 5.41) is 11.9. The van der Waals surface area contributed by atoms with Crippen molar-refractivity contribution in [3.8, 4) is 17.1 Å². The van der Waals surface area contributed by atoms with Crippen LogP contribution in [0.25, 0.3) is 17.1 Å². The van der Waals surface area contributed by atoms with E-state index < -0.39 is 17.6 Å². The number of thioether (sulfide) groups is 1. The van der Waals surface area contributed by atoms with Crippen molar-refractivity contribution in [3.05, 3.63) is 125 Å². The fourth-order valence-corrected chi connectivity index (χ4v) is 4.97. The number of rotatable bonds is 8. The molecule has 0 spiro atoms. The average Bonchev–Trinajstić information content (AvgIpc) is 3.39. The number of nitrogens with zero attached hydrogens (tertiary/aromatic N) is 4. The molecule has 202 valence electrons. The smallest absolute Gasteiger partial charge is 0.348 e. The molecule has 5 aromatic rings. The monoisotopic (exact) mass is 563 g/mol. The summed E-state index contributed by atoms with van der Waals surface area (Å²) in [5.74, 6) is 0.0810. The van der Waals surface area contributed by atoms with Gasteiger partial charge in [0, 0.05) is 41.5 Å². The first-order valence-corrected chi connectivity index (χ1v) is 13.0. The molecule has 40 heavy (non-hydrogen) atoms. The van der Waals surface area contributed by atoms with Gasteiger partial charge in [0.05, 0.1) is 5.56 Å². The minimum absolute atomic E-state index is 0.0579. The first-order chi connectivity index (χ1) is 19.3. The second kappa shape index (κ2) is 11.7. The van der Waals surface area contributed by atoms with Crippen molar-refractivity contribution in [2.24, 2.45) is 0 Å². The Morgan fingerprint density at radius 1 is 0.925 bits per heavy atom. The summed E-state index contributed by atoms with van der Waals surface area (Å²) in [4.78, 5) is 17.2. The normalized spacial score (nSPS) is 11.4. The van der Waals surface area contributed by atoms with Crippen LogP contribution >= 0.6 is 11.8 Å². The van der Waals surface area contributed by atoms with E-state index in [1.54, 1.807) is 59.4 Å². The van der Waals surface area contributed by atoms with Crippen molar-refractivity contribution in [1.82, 2.24) is 25.1 Å². The second-order valence-corrected chi connectivity index (χ2v) is 9.63. The molecular formula is C29H21F4N5OS. The van der Waals surface area contributed by atoms with Crippen LogP contribution in [0.2, 0.25) is 0 Å². The lowest BCUT2D eigenvalue weighted by molar-refractivity contribution is -0.137. The Morgan fingerprint density at radius 3 is 2.48 bits per heavy atom. The topological polar surface area (TPSA) is 72.7 Å². The minimum Gasteiger partial charge on any atom is -0.348 e. The molecule has 0 radical (unpaired) electrons. The first-order valence-electron chi connectivity index (χ1n) is 12.1. The van der Waals surface area contributed by atoms with Gasteiger partial charge in [-0.2, -0.15) is 13.2 Å². The fraction of sp³-hybridized carbons (Fsp3) is 0.103. The van der Waals surface area contributed by atoms with Gasteiger partial charge in [-0.3, -0.25) is 14.3 Å². The zero-order valence-electron chi connectivity index (χ0n) is 20.8. The van der Waals surface area contributed by atoms with Crippen LogP contribution < -0.4 is 5.32 Å². The number of amides is 1. The van der Waals surface area contributed by atoms with Crippen LogP contribution in [0.4, 0.5) is 17.6 Å². The quantitative estimate of drug-likeness (QED) is 0.168. The van der Waals surface area contributed by atoms with Crippen molar-refractivity contribution < 1.29 is 22.4 Å². The summed E-state index contributed by atoms with van der Waals surface area (Å²) in [6.45, 7) is -0.0579. The largest absolute Gasteiger partial charge is 0.416 e. The summed E-state index contributed by atoms with van der Waals surface area (Å²) in [5.41, 5.74) is 2.03. The van der Waals surface area contributed by atoms with Gasteiger partial charge >= 0.3 is 6.18 Å². The van der Waals surface area contributed by atoms with Crippen molar-refractivity contribution >= 4 is 17.7 Å². The molecule has 0 bridgehead atoms. The van der Waals surface area contributed by atoms with Crippen molar-refractivity contribution in [2.75, 3.05) is 0 Å². The maximum absolute atomic E-state index is 13.6. The summed E-state index contributed by atoms with van der Waals surface area (Å²) in [6, 6.07) is 21.4. The second-order valence-electron chi connectivity index (χ2n) is 8.69. The Hall–Kier alpha value is -4.51. The van der Waals surface area contributed by atoms with Gasteiger partial charge in [-0.15, -0.1) is 10.2 Å². The van der Waals surface area contributed by atoms with E-state index in [0.29, 0.717) is 39.1 Å². The number of halogens is 4. The number of hydrogen-bond donors (Lipinski definition) is 1. The Balaban J connectivity index is 1.36. The van der Waals surface area contributed by atoms with Crippen LogP contribution in [0.1, 0.15) is 27.0 Å². The number of aromatic nitrogens is 4. The predicted molar refractivity (Wildman–Crippen MR) is 143 cm³/mol. The SMILES string of the molecule is O=C(NCc1cccc(C(F)(F)F)c1)c1ccccc1CSc1nnc(-c2cccnc2)n1-c1ccc(F)cc1. The average molecular weight is 564 g/mol. The highest BCUT2D eigenvalue weighted by Crippen LogP contribution is 2.31. The number of hydrogen-bond acceptors (Lipinski definition) is 5. The van der Waals surface area contributed by atoms with Gasteiger partial charge in [0.25, 0.3) is 5.91 Å². The number of pyridine rings is 1. The van der Waals surface area contributed by atoms with E-state index in [1.807, 2.05) is 6.07 Å². The van der Waals surface area contributed by atoms with E-state index in [2.05, 4.69) is 20.5 Å². The molecule has 5 rings (SSSR count). The van der Waals surface area contributed by atoms with Crippen LogP contribution in [-0.4, -0.2) is 25.7 Å². The predicted octanol–water partition coefficient (Wildman–Crippen LogP) is 6.71. The Kier molecular flexibility index (Phi) is 7.92.